The molecular weight excluding hydrogens is 252 g/mol. The highest BCUT2D eigenvalue weighted by Gasteiger charge is 2.25. The number of aromatic hydroxyl groups is 1. The number of nitrogens with zero attached hydrogens (tertiary/aromatic N) is 1. The van der Waals surface area contributed by atoms with Crippen molar-refractivity contribution >= 4 is 46.3 Å². The van der Waals surface area contributed by atoms with Crippen LogP contribution in [0, 0.1) is 3.95 Å². The third-order valence-electron chi connectivity index (χ3n) is 1.71. The van der Waals surface area contributed by atoms with E-state index in [2.05, 4.69) is 9.98 Å². The molecule has 2 N–H and O–H groups in total. The molecule has 0 atom stereocenters. The molecule has 1 aliphatic rings. The van der Waals surface area contributed by atoms with Crippen molar-refractivity contribution in [2.75, 3.05) is 0 Å². The van der Waals surface area contributed by atoms with Crippen molar-refractivity contribution in [3.05, 3.63) is 19.8 Å². The highest BCUT2D eigenvalue weighted by Crippen LogP contribution is 2.35. The maximum Gasteiger partial charge on any atom is 0.284 e. The minimum absolute atomic E-state index is 0.0265. The van der Waals surface area contributed by atoms with Crippen LogP contribution in [-0.2, 0) is 4.79 Å². The number of aromatic nitrogens is 1. The zero-order valence-corrected chi connectivity index (χ0v) is 10.1. The van der Waals surface area contributed by atoms with E-state index >= 15 is 0 Å². The molecule has 78 valence electrons. The number of nitrogens with one attached hydrogen (secondary N) is 1. The average molecular weight is 258 g/mol. The second-order valence-electron chi connectivity index (χ2n) is 2.67. The lowest BCUT2D eigenvalue weighted by atomic mass is 10.5. The summed E-state index contributed by atoms with van der Waals surface area (Å²) in [5, 5.41) is 10.0. The molecule has 0 radical (unpaired) electrons. The van der Waals surface area contributed by atoms with Crippen molar-refractivity contribution in [2.24, 2.45) is 4.99 Å². The number of hydrogen-bond acceptors (Lipinski definition) is 5. The number of thioether (sulfide) groups is 1. The molecule has 0 fully saturated rings. The van der Waals surface area contributed by atoms with Gasteiger partial charge >= 0.3 is 0 Å². The summed E-state index contributed by atoms with van der Waals surface area (Å²) >= 11 is 7.33. The van der Waals surface area contributed by atoms with Gasteiger partial charge in [-0.25, -0.2) is 0 Å². The monoisotopic (exact) mass is 258 g/mol. The maximum absolute atomic E-state index is 11.3. The number of thiazole rings is 1. The highest BCUT2D eigenvalue weighted by atomic mass is 32.2. The number of aliphatic imine (C=N–C) groups is 1. The Hall–Kier alpha value is -0.920. The molecule has 1 aliphatic heterocycles. The van der Waals surface area contributed by atoms with Gasteiger partial charge < -0.3 is 10.1 Å². The molecule has 7 heteroatoms. The predicted octanol–water partition coefficient (Wildman–Crippen LogP) is 2.44. The fraction of sp³-hybridized carbons (Fsp3) is 0.125. The summed E-state index contributed by atoms with van der Waals surface area (Å²) in [5.41, 5.74) is 0. The molecule has 0 aliphatic carbocycles. The van der Waals surface area contributed by atoms with E-state index in [9.17, 15) is 9.90 Å². The molecule has 0 saturated carbocycles. The third kappa shape index (κ3) is 1.90. The van der Waals surface area contributed by atoms with E-state index in [1.54, 1.807) is 13.0 Å². The van der Waals surface area contributed by atoms with E-state index in [-0.39, 0.29) is 11.8 Å². The first-order valence-corrected chi connectivity index (χ1v) is 6.05. The second kappa shape index (κ2) is 3.92. The summed E-state index contributed by atoms with van der Waals surface area (Å²) in [6.07, 6.45) is 1.70. The van der Waals surface area contributed by atoms with E-state index in [0.717, 1.165) is 0 Å². The lowest BCUT2D eigenvalue weighted by molar-refractivity contribution is -0.113. The normalized spacial score (nSPS) is 18.6. The number of carbonyl (C=O) groups is 1. The zero-order chi connectivity index (χ0) is 11.0. The Balaban J connectivity index is 2.43. The van der Waals surface area contributed by atoms with Crippen molar-refractivity contribution < 1.29 is 9.90 Å². The van der Waals surface area contributed by atoms with E-state index in [1.807, 2.05) is 0 Å². The van der Waals surface area contributed by atoms with Crippen LogP contribution in [-0.4, -0.2) is 21.0 Å². The van der Waals surface area contributed by atoms with Crippen LogP contribution < -0.4 is 0 Å². The SMILES string of the molecule is C/C=C1\SC(c2sc(=S)[nH]c2O)=NC1=O. The fourth-order valence-electron chi connectivity index (χ4n) is 1.06. The van der Waals surface area contributed by atoms with Gasteiger partial charge in [0.2, 0.25) is 5.88 Å². The van der Waals surface area contributed by atoms with Crippen LogP contribution in [0.3, 0.4) is 0 Å². The second-order valence-corrected chi connectivity index (χ2v) is 5.39. The van der Waals surface area contributed by atoms with E-state index in [0.29, 0.717) is 18.8 Å². The van der Waals surface area contributed by atoms with Crippen LogP contribution in [0.15, 0.2) is 16.0 Å². The Kier molecular flexibility index (Phi) is 2.76. The smallest absolute Gasteiger partial charge is 0.284 e. The number of amides is 1. The van der Waals surface area contributed by atoms with Crippen LogP contribution in [0.4, 0.5) is 0 Å². The van der Waals surface area contributed by atoms with Crippen LogP contribution in [0.25, 0.3) is 0 Å². The van der Waals surface area contributed by atoms with E-state index in [4.69, 9.17) is 12.2 Å². The maximum atomic E-state index is 11.3. The molecule has 0 saturated heterocycles. The van der Waals surface area contributed by atoms with Crippen LogP contribution in [0.5, 0.6) is 5.88 Å². The van der Waals surface area contributed by atoms with Crippen molar-refractivity contribution in [3.8, 4) is 5.88 Å². The van der Waals surface area contributed by atoms with Crippen LogP contribution >= 0.6 is 35.3 Å². The van der Waals surface area contributed by atoms with Gasteiger partial charge in [0.05, 0.1) is 4.91 Å². The fourth-order valence-corrected chi connectivity index (χ4v) is 3.05. The first-order valence-electron chi connectivity index (χ1n) is 4.01. The Labute approximate surface area is 98.8 Å². The molecule has 2 heterocycles. The number of rotatable bonds is 1. The molecule has 15 heavy (non-hydrogen) atoms. The number of hydrogen-bond donors (Lipinski definition) is 2. The summed E-state index contributed by atoms with van der Waals surface area (Å²) in [5.74, 6) is -0.294. The van der Waals surface area contributed by atoms with Gasteiger partial charge in [-0.2, -0.15) is 4.99 Å². The first-order chi connectivity index (χ1) is 7.11. The predicted molar refractivity (Wildman–Crippen MR) is 64.1 cm³/mol. The number of aromatic amines is 1. The van der Waals surface area contributed by atoms with E-state index in [1.165, 1.54) is 23.1 Å². The minimum Gasteiger partial charge on any atom is -0.493 e. The highest BCUT2D eigenvalue weighted by molar-refractivity contribution is 8.19. The van der Waals surface area contributed by atoms with Gasteiger partial charge in [0.15, 0.2) is 3.95 Å². The number of allylic oxidation sites excluding steroid dienone is 1. The summed E-state index contributed by atoms with van der Waals surface area (Å²) < 4.78 is 0.465. The van der Waals surface area contributed by atoms with Gasteiger partial charge in [0.25, 0.3) is 5.91 Å². The topological polar surface area (TPSA) is 65.4 Å². The standard InChI is InChI=1S/C8H6N2O2S3/c1-2-3-5(11)9-7(14-3)4-6(12)10-8(13)15-4/h2,12H,1H3,(H,10,13)/b3-2-. The first kappa shape index (κ1) is 10.6. The Morgan fingerprint density at radius 2 is 2.33 bits per heavy atom. The third-order valence-corrected chi connectivity index (χ3v) is 4.19. The molecular formula is C8H6N2O2S3. The number of H-pyrrole nitrogens is 1. The van der Waals surface area contributed by atoms with Gasteiger partial charge in [-0.1, -0.05) is 29.2 Å². The summed E-state index contributed by atoms with van der Waals surface area (Å²) in [7, 11) is 0. The summed E-state index contributed by atoms with van der Waals surface area (Å²) in [6.45, 7) is 1.78. The molecule has 0 bridgehead atoms. The van der Waals surface area contributed by atoms with Crippen molar-refractivity contribution in [3.63, 3.8) is 0 Å². The Morgan fingerprint density at radius 3 is 2.80 bits per heavy atom. The van der Waals surface area contributed by atoms with E-state index < -0.39 is 0 Å². The minimum atomic E-state index is -0.267. The molecule has 1 aromatic heterocycles. The van der Waals surface area contributed by atoms with Crippen molar-refractivity contribution in [2.45, 2.75) is 6.92 Å². The van der Waals surface area contributed by atoms with Gasteiger partial charge in [-0.3, -0.25) is 4.79 Å². The number of carbonyl (C=O) groups excluding carboxylic acids is 1. The van der Waals surface area contributed by atoms with Gasteiger partial charge in [0, 0.05) is 0 Å². The molecule has 4 nitrogen and oxygen atoms in total. The van der Waals surface area contributed by atoms with Gasteiger partial charge in [-0.05, 0) is 19.1 Å². The largest absolute Gasteiger partial charge is 0.493 e. The Morgan fingerprint density at radius 1 is 1.60 bits per heavy atom. The summed E-state index contributed by atoms with van der Waals surface area (Å²) in [4.78, 5) is 18.9. The summed E-state index contributed by atoms with van der Waals surface area (Å²) in [6, 6.07) is 0. The Bertz CT molecular complexity index is 538. The molecule has 2 rings (SSSR count). The molecule has 1 amide bonds. The lowest BCUT2D eigenvalue weighted by Crippen LogP contribution is -1.87. The van der Waals surface area contributed by atoms with Crippen LogP contribution in [0.1, 0.15) is 11.8 Å². The molecule has 0 aromatic carbocycles. The molecule has 0 unspecified atom stereocenters. The lowest BCUT2D eigenvalue weighted by Gasteiger charge is -1.93. The van der Waals surface area contributed by atoms with Crippen molar-refractivity contribution in [1.29, 1.82) is 0 Å². The molecule has 0 spiro atoms. The molecule has 1 aromatic rings. The quantitative estimate of drug-likeness (QED) is 0.600. The average Bonchev–Trinajstić information content (AvgIpc) is 2.69. The van der Waals surface area contributed by atoms with Crippen LogP contribution in [0.2, 0.25) is 0 Å². The zero-order valence-electron chi connectivity index (χ0n) is 7.60. The van der Waals surface area contributed by atoms with Gasteiger partial charge in [-0.15, -0.1) is 0 Å². The van der Waals surface area contributed by atoms with Gasteiger partial charge in [0.1, 0.15) is 9.92 Å². The van der Waals surface area contributed by atoms with Crippen molar-refractivity contribution in [1.82, 2.24) is 4.98 Å².